The molecule has 4 aromatic rings. The number of benzene rings is 3. The second kappa shape index (κ2) is 13.7. The SMILES string of the molecule is CCN(CC)C(=O)C1=C(C)N=c2s/c(=C/c3ccccc3OCc3ccc(Br)cc3)c(=O)n2[C@@H]1c1cc(OC)ccc1OC. The Hall–Kier alpha value is -4.15. The van der Waals surface area contributed by atoms with Crippen molar-refractivity contribution in [2.24, 2.45) is 4.99 Å². The number of methoxy groups -OCH3 is 2. The van der Waals surface area contributed by atoms with Gasteiger partial charge in [-0.3, -0.25) is 14.2 Å². The van der Waals surface area contributed by atoms with Gasteiger partial charge in [0.25, 0.3) is 11.5 Å². The van der Waals surface area contributed by atoms with Crippen molar-refractivity contribution in [3.63, 3.8) is 0 Å². The Kier molecular flexibility index (Phi) is 9.71. The zero-order chi connectivity index (χ0) is 31.4. The third kappa shape index (κ3) is 6.23. The molecule has 0 saturated heterocycles. The predicted octanol–water partition coefficient (Wildman–Crippen LogP) is 5.46. The largest absolute Gasteiger partial charge is 0.497 e. The standard InChI is InChI=1S/C34H34BrN3O5S/c1-6-37(7-2)33(40)30-21(3)36-34-38(31(30)26-19-25(41-4)16-17-28(26)42-5)32(39)29(44-34)18-23-10-8-9-11-27(23)43-20-22-12-14-24(35)15-13-22/h8-19,31H,6-7,20H2,1-5H3/b29-18+/t31-/m1/s1. The van der Waals surface area contributed by atoms with Crippen LogP contribution in [-0.4, -0.2) is 42.7 Å². The number of amides is 1. The summed E-state index contributed by atoms with van der Waals surface area (Å²) in [4.78, 5) is 35.3. The number of aromatic nitrogens is 1. The number of fused-ring (bicyclic) bond motifs is 1. The number of para-hydroxylation sites is 1. The van der Waals surface area contributed by atoms with Crippen LogP contribution in [0.15, 0.2) is 92.3 Å². The van der Waals surface area contributed by atoms with E-state index >= 15 is 0 Å². The van der Waals surface area contributed by atoms with Gasteiger partial charge in [0.15, 0.2) is 4.80 Å². The zero-order valence-electron chi connectivity index (χ0n) is 25.3. The Morgan fingerprint density at radius 2 is 1.75 bits per heavy atom. The topological polar surface area (TPSA) is 82.4 Å². The van der Waals surface area contributed by atoms with Crippen molar-refractivity contribution >= 4 is 39.2 Å². The Bertz CT molecular complexity index is 1890. The van der Waals surface area contributed by atoms with Gasteiger partial charge in [0, 0.05) is 28.7 Å². The highest BCUT2D eigenvalue weighted by Gasteiger charge is 2.36. The summed E-state index contributed by atoms with van der Waals surface area (Å²) in [5.74, 6) is 1.61. The molecule has 2 heterocycles. The van der Waals surface area contributed by atoms with E-state index in [0.717, 1.165) is 15.6 Å². The van der Waals surface area contributed by atoms with E-state index in [9.17, 15) is 9.59 Å². The average molecular weight is 677 g/mol. The fourth-order valence-corrected chi connectivity index (χ4v) is 6.54. The Morgan fingerprint density at radius 1 is 1.02 bits per heavy atom. The quantitative estimate of drug-likeness (QED) is 0.223. The van der Waals surface area contributed by atoms with Crippen LogP contribution in [-0.2, 0) is 11.4 Å². The van der Waals surface area contributed by atoms with Gasteiger partial charge in [-0.15, -0.1) is 0 Å². The molecule has 1 atom stereocenters. The molecule has 8 nitrogen and oxygen atoms in total. The molecule has 44 heavy (non-hydrogen) atoms. The summed E-state index contributed by atoms with van der Waals surface area (Å²) in [5, 5.41) is 0. The molecular weight excluding hydrogens is 642 g/mol. The van der Waals surface area contributed by atoms with Gasteiger partial charge >= 0.3 is 0 Å². The first-order chi connectivity index (χ1) is 21.3. The van der Waals surface area contributed by atoms with Crippen molar-refractivity contribution in [1.82, 2.24) is 9.47 Å². The van der Waals surface area contributed by atoms with Crippen LogP contribution < -0.4 is 29.1 Å². The number of rotatable bonds is 10. The lowest BCUT2D eigenvalue weighted by molar-refractivity contribution is -0.127. The molecule has 1 aliphatic rings. The zero-order valence-corrected chi connectivity index (χ0v) is 27.7. The summed E-state index contributed by atoms with van der Waals surface area (Å²) >= 11 is 4.74. The van der Waals surface area contributed by atoms with Crippen molar-refractivity contribution in [1.29, 1.82) is 0 Å². The summed E-state index contributed by atoms with van der Waals surface area (Å²) in [5.41, 5.74) is 3.16. The first kappa shape index (κ1) is 31.3. The molecule has 1 aliphatic heterocycles. The van der Waals surface area contributed by atoms with Crippen LogP contribution in [0.25, 0.3) is 6.08 Å². The first-order valence-corrected chi connectivity index (χ1v) is 15.9. The molecule has 0 spiro atoms. The highest BCUT2D eigenvalue weighted by molar-refractivity contribution is 9.10. The molecule has 1 aromatic heterocycles. The third-order valence-corrected chi connectivity index (χ3v) is 9.06. The number of hydrogen-bond acceptors (Lipinski definition) is 7. The lowest BCUT2D eigenvalue weighted by Crippen LogP contribution is -2.43. The van der Waals surface area contributed by atoms with Crippen LogP contribution in [0.1, 0.15) is 43.5 Å². The molecule has 0 fully saturated rings. The van der Waals surface area contributed by atoms with Crippen molar-refractivity contribution in [2.75, 3.05) is 27.3 Å². The van der Waals surface area contributed by atoms with Crippen molar-refractivity contribution in [3.05, 3.63) is 119 Å². The molecule has 5 rings (SSSR count). The minimum Gasteiger partial charge on any atom is -0.497 e. The molecular formula is C34H34BrN3O5S. The molecule has 0 saturated carbocycles. The summed E-state index contributed by atoms with van der Waals surface area (Å²) in [6.45, 7) is 7.11. The van der Waals surface area contributed by atoms with Crippen LogP contribution >= 0.6 is 27.3 Å². The van der Waals surface area contributed by atoms with Crippen LogP contribution in [0.4, 0.5) is 0 Å². The maximum atomic E-state index is 14.3. The maximum Gasteiger partial charge on any atom is 0.271 e. The molecule has 10 heteroatoms. The van der Waals surface area contributed by atoms with Gasteiger partial charge in [0.1, 0.15) is 29.9 Å². The third-order valence-electron chi connectivity index (χ3n) is 7.55. The van der Waals surface area contributed by atoms with Gasteiger partial charge in [-0.25, -0.2) is 4.99 Å². The van der Waals surface area contributed by atoms with E-state index in [2.05, 4.69) is 15.9 Å². The van der Waals surface area contributed by atoms with Crippen LogP contribution in [0, 0.1) is 0 Å². The highest BCUT2D eigenvalue weighted by atomic mass is 79.9. The van der Waals surface area contributed by atoms with E-state index in [1.807, 2.05) is 81.4 Å². The first-order valence-electron chi connectivity index (χ1n) is 14.3. The Balaban J connectivity index is 1.66. The second-order valence-electron chi connectivity index (χ2n) is 10.1. The van der Waals surface area contributed by atoms with E-state index in [-0.39, 0.29) is 11.5 Å². The summed E-state index contributed by atoms with van der Waals surface area (Å²) < 4.78 is 20.5. The van der Waals surface area contributed by atoms with Gasteiger partial charge in [-0.1, -0.05) is 57.6 Å². The van der Waals surface area contributed by atoms with Crippen LogP contribution in [0.5, 0.6) is 17.2 Å². The molecule has 0 bridgehead atoms. The predicted molar refractivity (Wildman–Crippen MR) is 176 cm³/mol. The smallest absolute Gasteiger partial charge is 0.271 e. The average Bonchev–Trinajstić information content (AvgIpc) is 3.34. The summed E-state index contributed by atoms with van der Waals surface area (Å²) in [6, 6.07) is 20.2. The molecule has 0 N–H and O–H groups in total. The van der Waals surface area contributed by atoms with Crippen molar-refractivity contribution < 1.29 is 19.0 Å². The van der Waals surface area contributed by atoms with Gasteiger partial charge < -0.3 is 19.1 Å². The number of hydrogen-bond donors (Lipinski definition) is 0. The molecule has 0 unspecified atom stereocenters. The normalized spacial score (nSPS) is 14.6. The number of nitrogens with zero attached hydrogens (tertiary/aromatic N) is 3. The molecule has 0 radical (unpaired) electrons. The van der Waals surface area contributed by atoms with Gasteiger partial charge in [0.2, 0.25) is 0 Å². The van der Waals surface area contributed by atoms with Crippen LogP contribution in [0.2, 0.25) is 0 Å². The fraction of sp³-hybridized carbons (Fsp3) is 0.265. The molecule has 1 amide bonds. The van der Waals surface area contributed by atoms with Crippen LogP contribution in [0.3, 0.4) is 0 Å². The Labute approximate surface area is 268 Å². The molecule has 3 aromatic carbocycles. The van der Waals surface area contributed by atoms with Gasteiger partial charge in [-0.05, 0) is 68.8 Å². The number of ether oxygens (including phenoxy) is 3. The van der Waals surface area contributed by atoms with Crippen molar-refractivity contribution in [2.45, 2.75) is 33.4 Å². The lowest BCUT2D eigenvalue weighted by atomic mass is 9.93. The van der Waals surface area contributed by atoms with E-state index in [0.29, 0.717) is 63.1 Å². The summed E-state index contributed by atoms with van der Waals surface area (Å²) in [6.07, 6.45) is 1.83. The monoisotopic (exact) mass is 675 g/mol. The van der Waals surface area contributed by atoms with Gasteiger partial charge in [-0.2, -0.15) is 0 Å². The second-order valence-corrected chi connectivity index (χ2v) is 12.0. The van der Waals surface area contributed by atoms with E-state index in [1.165, 1.54) is 11.3 Å². The van der Waals surface area contributed by atoms with E-state index in [4.69, 9.17) is 19.2 Å². The van der Waals surface area contributed by atoms with E-state index in [1.54, 1.807) is 35.8 Å². The number of carbonyl (C=O) groups is 1. The molecule has 228 valence electrons. The molecule has 0 aliphatic carbocycles. The Morgan fingerprint density at radius 3 is 2.43 bits per heavy atom. The number of halogens is 1. The number of likely N-dealkylation sites (N-methyl/N-ethyl adjacent to an activating group) is 1. The fourth-order valence-electron chi connectivity index (χ4n) is 5.24. The highest BCUT2D eigenvalue weighted by Crippen LogP contribution is 2.38. The minimum absolute atomic E-state index is 0.174. The minimum atomic E-state index is -0.768. The number of carbonyl (C=O) groups excluding carboxylic acids is 1. The maximum absolute atomic E-state index is 14.3. The summed E-state index contributed by atoms with van der Waals surface area (Å²) in [7, 11) is 3.15. The van der Waals surface area contributed by atoms with Crippen molar-refractivity contribution in [3.8, 4) is 17.2 Å². The van der Waals surface area contributed by atoms with Gasteiger partial charge in [0.05, 0.1) is 30.0 Å². The number of thiazole rings is 1. The van der Waals surface area contributed by atoms with E-state index < -0.39 is 6.04 Å². The number of allylic oxidation sites excluding steroid dienone is 1. The lowest BCUT2D eigenvalue weighted by Gasteiger charge is -2.30.